The fourth-order valence-electron chi connectivity index (χ4n) is 3.02. The number of sulfonamides is 1. The number of aryl methyl sites for hydroxylation is 1. The summed E-state index contributed by atoms with van der Waals surface area (Å²) >= 11 is 0. The van der Waals surface area contributed by atoms with Crippen molar-refractivity contribution in [2.45, 2.75) is 11.8 Å². The van der Waals surface area contributed by atoms with E-state index in [-0.39, 0.29) is 10.8 Å². The van der Waals surface area contributed by atoms with Crippen LogP contribution in [0.3, 0.4) is 0 Å². The second-order valence-electron chi connectivity index (χ2n) is 6.67. The van der Waals surface area contributed by atoms with Crippen LogP contribution in [0.1, 0.15) is 15.9 Å². The summed E-state index contributed by atoms with van der Waals surface area (Å²) in [6, 6.07) is 13.5. The molecule has 0 aliphatic rings. The topological polar surface area (TPSA) is 105 Å². The summed E-state index contributed by atoms with van der Waals surface area (Å²) in [6.45, 7) is 1.76. The maximum absolute atomic E-state index is 12.7. The van der Waals surface area contributed by atoms with Gasteiger partial charge < -0.3 is 5.32 Å². The van der Waals surface area contributed by atoms with Crippen molar-refractivity contribution in [3.8, 4) is 11.3 Å². The summed E-state index contributed by atoms with van der Waals surface area (Å²) in [7, 11) is -2.31. The summed E-state index contributed by atoms with van der Waals surface area (Å²) in [5.41, 5.74) is 3.22. The third kappa shape index (κ3) is 3.80. The third-order valence-corrected chi connectivity index (χ3v) is 6.12. The molecule has 0 atom stereocenters. The highest BCUT2D eigenvalue weighted by atomic mass is 32.2. The molecule has 0 aliphatic carbocycles. The molecule has 0 saturated carbocycles. The molecule has 0 spiro atoms. The predicted octanol–water partition coefficient (Wildman–Crippen LogP) is 2.87. The van der Waals surface area contributed by atoms with Crippen LogP contribution in [0.4, 0.5) is 5.69 Å². The Hall–Kier alpha value is -3.56. The van der Waals surface area contributed by atoms with Crippen molar-refractivity contribution in [3.05, 3.63) is 78.2 Å². The Balaban J connectivity index is 1.56. The molecule has 8 nitrogen and oxygen atoms in total. The number of anilines is 1. The van der Waals surface area contributed by atoms with Gasteiger partial charge in [0, 0.05) is 35.4 Å². The molecule has 0 aliphatic heterocycles. The first kappa shape index (κ1) is 19.7. The highest BCUT2D eigenvalue weighted by molar-refractivity contribution is 7.89. The molecule has 9 heteroatoms. The van der Waals surface area contributed by atoms with Gasteiger partial charge in [-0.25, -0.2) is 23.1 Å². The van der Waals surface area contributed by atoms with Gasteiger partial charge >= 0.3 is 0 Å². The van der Waals surface area contributed by atoms with Crippen LogP contribution in [0.15, 0.2) is 72.0 Å². The SMILES string of the molecule is CNS(=O)(=O)c1ccc(C)c(C(=O)Nc2ccc(-c3cn4cccnc4n3)cc2)c1. The molecule has 2 aromatic carbocycles. The lowest BCUT2D eigenvalue weighted by Gasteiger charge is -2.10. The van der Waals surface area contributed by atoms with Crippen molar-refractivity contribution < 1.29 is 13.2 Å². The lowest BCUT2D eigenvalue weighted by molar-refractivity contribution is 0.102. The molecule has 2 heterocycles. The van der Waals surface area contributed by atoms with Gasteiger partial charge in [0.15, 0.2) is 0 Å². The molecule has 4 rings (SSSR count). The van der Waals surface area contributed by atoms with Gasteiger partial charge in [0.25, 0.3) is 5.91 Å². The second-order valence-corrected chi connectivity index (χ2v) is 8.56. The Morgan fingerprint density at radius 1 is 1.10 bits per heavy atom. The van der Waals surface area contributed by atoms with Crippen LogP contribution in [0.2, 0.25) is 0 Å². The fraction of sp³-hybridized carbons (Fsp3) is 0.0952. The highest BCUT2D eigenvalue weighted by Crippen LogP contribution is 2.22. The van der Waals surface area contributed by atoms with Gasteiger partial charge in [0.2, 0.25) is 15.8 Å². The van der Waals surface area contributed by atoms with E-state index in [0.29, 0.717) is 22.6 Å². The van der Waals surface area contributed by atoms with Crippen molar-refractivity contribution >= 4 is 27.4 Å². The number of carbonyl (C=O) groups excluding carboxylic acids is 1. The molecular formula is C21H19N5O3S. The number of rotatable bonds is 5. The Morgan fingerprint density at radius 3 is 2.57 bits per heavy atom. The first-order valence-corrected chi connectivity index (χ1v) is 10.6. The van der Waals surface area contributed by atoms with Gasteiger partial charge in [-0.15, -0.1) is 0 Å². The van der Waals surface area contributed by atoms with E-state index in [9.17, 15) is 13.2 Å². The molecule has 152 valence electrons. The number of carbonyl (C=O) groups is 1. The van der Waals surface area contributed by atoms with Gasteiger partial charge in [0.1, 0.15) is 0 Å². The van der Waals surface area contributed by atoms with Crippen LogP contribution >= 0.6 is 0 Å². The zero-order valence-corrected chi connectivity index (χ0v) is 17.1. The molecule has 0 saturated heterocycles. The minimum absolute atomic E-state index is 0.0385. The molecule has 0 bridgehead atoms. The van der Waals surface area contributed by atoms with E-state index in [2.05, 4.69) is 20.0 Å². The van der Waals surface area contributed by atoms with Gasteiger partial charge in [-0.2, -0.15) is 0 Å². The number of imidazole rings is 1. The number of amides is 1. The minimum atomic E-state index is -3.64. The molecule has 2 aromatic heterocycles. The van der Waals surface area contributed by atoms with Crippen molar-refractivity contribution in [2.24, 2.45) is 0 Å². The van der Waals surface area contributed by atoms with E-state index < -0.39 is 10.0 Å². The zero-order valence-electron chi connectivity index (χ0n) is 16.3. The number of aromatic nitrogens is 3. The Morgan fingerprint density at radius 2 is 1.87 bits per heavy atom. The van der Waals surface area contributed by atoms with E-state index in [0.717, 1.165) is 11.3 Å². The van der Waals surface area contributed by atoms with Gasteiger partial charge in [0.05, 0.1) is 10.6 Å². The Bertz CT molecular complexity index is 1310. The summed E-state index contributed by atoms with van der Waals surface area (Å²) in [6.07, 6.45) is 5.44. The molecule has 0 radical (unpaired) electrons. The highest BCUT2D eigenvalue weighted by Gasteiger charge is 2.17. The predicted molar refractivity (Wildman–Crippen MR) is 114 cm³/mol. The monoisotopic (exact) mass is 421 g/mol. The molecule has 4 aromatic rings. The van der Waals surface area contributed by atoms with Gasteiger partial charge in [-0.05, 0) is 49.9 Å². The summed E-state index contributed by atoms with van der Waals surface area (Å²) in [5.74, 6) is 0.224. The van der Waals surface area contributed by atoms with Crippen molar-refractivity contribution in [1.82, 2.24) is 19.1 Å². The van der Waals surface area contributed by atoms with Crippen LogP contribution in [-0.2, 0) is 10.0 Å². The van der Waals surface area contributed by atoms with E-state index >= 15 is 0 Å². The lowest BCUT2D eigenvalue weighted by atomic mass is 10.1. The van der Waals surface area contributed by atoms with Crippen LogP contribution < -0.4 is 10.0 Å². The lowest BCUT2D eigenvalue weighted by Crippen LogP contribution is -2.20. The van der Waals surface area contributed by atoms with Crippen molar-refractivity contribution in [3.63, 3.8) is 0 Å². The number of hydrogen-bond acceptors (Lipinski definition) is 5. The largest absolute Gasteiger partial charge is 0.322 e. The van der Waals surface area contributed by atoms with E-state index in [1.165, 1.54) is 19.2 Å². The zero-order chi connectivity index (χ0) is 21.3. The van der Waals surface area contributed by atoms with Crippen LogP contribution in [-0.4, -0.2) is 35.7 Å². The first-order valence-electron chi connectivity index (χ1n) is 9.13. The molecule has 2 N–H and O–H groups in total. The molecule has 0 fully saturated rings. The van der Waals surface area contributed by atoms with Crippen LogP contribution in [0.25, 0.3) is 17.0 Å². The summed E-state index contributed by atoms with van der Waals surface area (Å²) in [5, 5.41) is 2.81. The second kappa shape index (κ2) is 7.69. The van der Waals surface area contributed by atoms with E-state index in [1.807, 2.05) is 35.0 Å². The molecule has 1 amide bonds. The smallest absolute Gasteiger partial charge is 0.255 e. The summed E-state index contributed by atoms with van der Waals surface area (Å²) in [4.78, 5) is 21.4. The van der Waals surface area contributed by atoms with Crippen LogP contribution in [0, 0.1) is 6.92 Å². The van der Waals surface area contributed by atoms with Gasteiger partial charge in [-0.1, -0.05) is 18.2 Å². The maximum atomic E-state index is 12.7. The van der Waals surface area contributed by atoms with E-state index in [1.54, 1.807) is 31.3 Å². The Kier molecular flexibility index (Phi) is 5.06. The van der Waals surface area contributed by atoms with Crippen molar-refractivity contribution in [1.29, 1.82) is 0 Å². The van der Waals surface area contributed by atoms with E-state index in [4.69, 9.17) is 0 Å². The minimum Gasteiger partial charge on any atom is -0.322 e. The number of fused-ring (bicyclic) bond motifs is 1. The average molecular weight is 421 g/mol. The Labute approximate surface area is 173 Å². The number of nitrogens with zero attached hydrogens (tertiary/aromatic N) is 3. The average Bonchev–Trinajstić information content (AvgIpc) is 3.18. The third-order valence-electron chi connectivity index (χ3n) is 4.71. The van der Waals surface area contributed by atoms with Crippen LogP contribution in [0.5, 0.6) is 0 Å². The van der Waals surface area contributed by atoms with Gasteiger partial charge in [-0.3, -0.25) is 9.20 Å². The normalized spacial score (nSPS) is 11.5. The standard InChI is InChI=1S/C21H19N5O3S/c1-14-4-9-17(30(28,29)22-2)12-18(14)20(27)24-16-7-5-15(6-8-16)19-13-26-11-3-10-23-21(26)25-19/h3-13,22H,1-2H3,(H,24,27). The first-order chi connectivity index (χ1) is 14.4. The quantitative estimate of drug-likeness (QED) is 0.515. The maximum Gasteiger partial charge on any atom is 0.255 e. The number of hydrogen-bond donors (Lipinski definition) is 2. The van der Waals surface area contributed by atoms with Crippen molar-refractivity contribution in [2.75, 3.05) is 12.4 Å². The molecular weight excluding hydrogens is 402 g/mol. The fourth-order valence-corrected chi connectivity index (χ4v) is 3.78. The number of benzene rings is 2. The number of nitrogens with one attached hydrogen (secondary N) is 2. The summed E-state index contributed by atoms with van der Waals surface area (Å²) < 4.78 is 28.1. The molecule has 0 unspecified atom stereocenters. The molecule has 30 heavy (non-hydrogen) atoms.